The van der Waals surface area contributed by atoms with Crippen LogP contribution in [0.4, 0.5) is 0 Å². The van der Waals surface area contributed by atoms with Gasteiger partial charge in [0.05, 0.1) is 10.4 Å². The summed E-state index contributed by atoms with van der Waals surface area (Å²) in [6.45, 7) is 2.02. The number of rotatable bonds is 1. The summed E-state index contributed by atoms with van der Waals surface area (Å²) < 4.78 is 1.03. The van der Waals surface area contributed by atoms with Crippen LogP contribution in [0.1, 0.15) is 5.56 Å². The molecular weight excluding hydrogens is 332 g/mol. The van der Waals surface area contributed by atoms with Gasteiger partial charge in [-0.3, -0.25) is 0 Å². The fourth-order valence-corrected chi connectivity index (χ4v) is 3.00. The molecule has 0 fully saturated rings. The highest BCUT2D eigenvalue weighted by molar-refractivity contribution is 9.10. The van der Waals surface area contributed by atoms with Crippen LogP contribution in [-0.2, 0) is 0 Å². The average Bonchev–Trinajstić information content (AvgIpc) is 2.88. The lowest BCUT2D eigenvalue weighted by atomic mass is 10.1. The third-order valence-electron chi connectivity index (χ3n) is 2.75. The summed E-state index contributed by atoms with van der Waals surface area (Å²) in [4.78, 5) is 10.0. The van der Waals surface area contributed by atoms with Crippen LogP contribution in [0.3, 0.4) is 0 Å². The third kappa shape index (κ3) is 1.94. The van der Waals surface area contributed by atoms with E-state index in [1.807, 2.05) is 36.6 Å². The first-order valence-electron chi connectivity index (χ1n) is 5.33. The second-order valence-corrected chi connectivity index (χ2v) is 6.04. The molecule has 0 spiro atoms. The van der Waals surface area contributed by atoms with Gasteiger partial charge in [0.1, 0.15) is 5.15 Å². The van der Waals surface area contributed by atoms with Crippen LogP contribution >= 0.6 is 38.9 Å². The minimum Gasteiger partial charge on any atom is -0.227 e. The Kier molecular flexibility index (Phi) is 3.09. The summed E-state index contributed by atoms with van der Waals surface area (Å²) in [5.74, 6) is 0.684. The highest BCUT2D eigenvalue weighted by Crippen LogP contribution is 2.31. The van der Waals surface area contributed by atoms with Crippen molar-refractivity contribution in [3.8, 4) is 10.7 Å². The maximum absolute atomic E-state index is 6.24. The van der Waals surface area contributed by atoms with Crippen molar-refractivity contribution in [2.45, 2.75) is 6.92 Å². The molecule has 90 valence electrons. The van der Waals surface area contributed by atoms with Crippen LogP contribution < -0.4 is 0 Å². The number of nitrogens with zero attached hydrogens (tertiary/aromatic N) is 2. The van der Waals surface area contributed by atoms with Crippen LogP contribution in [0.2, 0.25) is 5.15 Å². The van der Waals surface area contributed by atoms with E-state index in [1.54, 1.807) is 11.3 Å². The van der Waals surface area contributed by atoms with Crippen LogP contribution in [0.25, 0.3) is 21.6 Å². The molecule has 0 atom stereocenters. The molecule has 0 aliphatic carbocycles. The van der Waals surface area contributed by atoms with Crippen molar-refractivity contribution in [3.05, 3.63) is 44.8 Å². The summed E-state index contributed by atoms with van der Waals surface area (Å²) in [5.41, 5.74) is 1.97. The minimum absolute atomic E-state index is 0.499. The SMILES string of the molecule is Cc1c(Br)ccc2c(Cl)nc(-c3cccs3)nc12. The number of benzene rings is 1. The van der Waals surface area contributed by atoms with E-state index >= 15 is 0 Å². The average molecular weight is 340 g/mol. The molecule has 0 aliphatic rings. The summed E-state index contributed by atoms with van der Waals surface area (Å²) in [7, 11) is 0. The lowest BCUT2D eigenvalue weighted by molar-refractivity contribution is 1.22. The largest absolute Gasteiger partial charge is 0.227 e. The molecule has 2 nitrogen and oxygen atoms in total. The number of aryl methyl sites for hydroxylation is 1. The number of halogens is 2. The van der Waals surface area contributed by atoms with Gasteiger partial charge in [-0.2, -0.15) is 0 Å². The van der Waals surface area contributed by atoms with Gasteiger partial charge in [-0.05, 0) is 36.1 Å². The van der Waals surface area contributed by atoms with Gasteiger partial charge in [0.2, 0.25) is 0 Å². The predicted octanol–water partition coefficient (Wildman–Crippen LogP) is 5.08. The zero-order valence-electron chi connectivity index (χ0n) is 9.45. The number of fused-ring (bicyclic) bond motifs is 1. The van der Waals surface area contributed by atoms with Crippen LogP contribution in [0.15, 0.2) is 34.1 Å². The van der Waals surface area contributed by atoms with Crippen molar-refractivity contribution < 1.29 is 0 Å². The fourth-order valence-electron chi connectivity index (χ4n) is 1.79. The summed E-state index contributed by atoms with van der Waals surface area (Å²) in [6, 6.07) is 7.88. The van der Waals surface area contributed by atoms with Gasteiger partial charge < -0.3 is 0 Å². The number of aromatic nitrogens is 2. The van der Waals surface area contributed by atoms with E-state index in [4.69, 9.17) is 11.6 Å². The predicted molar refractivity (Wildman–Crippen MR) is 80.3 cm³/mol. The molecule has 3 rings (SSSR count). The lowest BCUT2D eigenvalue weighted by Gasteiger charge is -2.07. The molecule has 5 heteroatoms. The first-order valence-corrected chi connectivity index (χ1v) is 7.38. The monoisotopic (exact) mass is 338 g/mol. The quantitative estimate of drug-likeness (QED) is 0.578. The Labute approximate surface area is 122 Å². The molecule has 0 saturated carbocycles. The van der Waals surface area contributed by atoms with Crippen LogP contribution in [-0.4, -0.2) is 9.97 Å². The Hall–Kier alpha value is -0.970. The lowest BCUT2D eigenvalue weighted by Crippen LogP contribution is -1.93. The highest BCUT2D eigenvalue weighted by atomic mass is 79.9. The van der Waals surface area contributed by atoms with E-state index in [1.165, 1.54) is 0 Å². The zero-order chi connectivity index (χ0) is 12.7. The summed E-state index contributed by atoms with van der Waals surface area (Å²) >= 11 is 11.4. The second-order valence-electron chi connectivity index (χ2n) is 3.88. The van der Waals surface area contributed by atoms with E-state index in [2.05, 4.69) is 25.9 Å². The Bertz CT molecular complexity index is 725. The maximum Gasteiger partial charge on any atom is 0.171 e. The van der Waals surface area contributed by atoms with Crippen LogP contribution in [0, 0.1) is 6.92 Å². The molecule has 0 saturated heterocycles. The van der Waals surface area contributed by atoms with E-state index in [0.29, 0.717) is 11.0 Å². The summed E-state index contributed by atoms with van der Waals surface area (Å²) in [5, 5.41) is 3.39. The molecule has 2 aromatic heterocycles. The van der Waals surface area contributed by atoms with Gasteiger partial charge in [-0.1, -0.05) is 33.6 Å². The first-order chi connectivity index (χ1) is 8.66. The molecule has 1 aromatic carbocycles. The van der Waals surface area contributed by atoms with E-state index < -0.39 is 0 Å². The number of thiophene rings is 1. The summed E-state index contributed by atoms with van der Waals surface area (Å²) in [6.07, 6.45) is 0. The Morgan fingerprint density at radius 1 is 1.22 bits per heavy atom. The normalized spacial score (nSPS) is 11.1. The molecule has 18 heavy (non-hydrogen) atoms. The Morgan fingerprint density at radius 3 is 2.78 bits per heavy atom. The standard InChI is InChI=1S/C13H8BrClN2S/c1-7-9(14)5-4-8-11(7)16-13(17-12(8)15)10-3-2-6-18-10/h2-6H,1H3. The zero-order valence-corrected chi connectivity index (χ0v) is 12.6. The van der Waals surface area contributed by atoms with E-state index in [9.17, 15) is 0 Å². The molecule has 0 N–H and O–H groups in total. The fraction of sp³-hybridized carbons (Fsp3) is 0.0769. The van der Waals surface area contributed by atoms with Crippen molar-refractivity contribution in [1.29, 1.82) is 0 Å². The third-order valence-corrected chi connectivity index (χ3v) is 4.76. The van der Waals surface area contributed by atoms with Gasteiger partial charge in [-0.25, -0.2) is 9.97 Å². The molecular formula is C13H8BrClN2S. The molecule has 0 aliphatic heterocycles. The van der Waals surface area contributed by atoms with Crippen molar-refractivity contribution in [2.75, 3.05) is 0 Å². The first kappa shape index (κ1) is 12.1. The smallest absolute Gasteiger partial charge is 0.171 e. The Balaban J connectivity index is 2.35. The van der Waals surface area contributed by atoms with Crippen molar-refractivity contribution in [1.82, 2.24) is 9.97 Å². The Morgan fingerprint density at radius 2 is 2.06 bits per heavy atom. The highest BCUT2D eigenvalue weighted by Gasteiger charge is 2.11. The molecule has 0 unspecified atom stereocenters. The van der Waals surface area contributed by atoms with Crippen molar-refractivity contribution in [3.63, 3.8) is 0 Å². The van der Waals surface area contributed by atoms with Gasteiger partial charge in [0.15, 0.2) is 5.82 Å². The van der Waals surface area contributed by atoms with E-state index in [-0.39, 0.29) is 0 Å². The van der Waals surface area contributed by atoms with Crippen molar-refractivity contribution >= 4 is 49.8 Å². The molecule has 0 amide bonds. The van der Waals surface area contributed by atoms with Gasteiger partial charge in [0.25, 0.3) is 0 Å². The van der Waals surface area contributed by atoms with Gasteiger partial charge in [-0.15, -0.1) is 11.3 Å². The van der Waals surface area contributed by atoms with Gasteiger partial charge >= 0.3 is 0 Å². The van der Waals surface area contributed by atoms with E-state index in [0.717, 1.165) is 25.8 Å². The second kappa shape index (κ2) is 4.61. The van der Waals surface area contributed by atoms with Crippen LogP contribution in [0.5, 0.6) is 0 Å². The molecule has 2 heterocycles. The maximum atomic E-state index is 6.24. The number of hydrogen-bond donors (Lipinski definition) is 0. The van der Waals surface area contributed by atoms with Crippen molar-refractivity contribution in [2.24, 2.45) is 0 Å². The topological polar surface area (TPSA) is 25.8 Å². The number of hydrogen-bond acceptors (Lipinski definition) is 3. The van der Waals surface area contributed by atoms with Gasteiger partial charge in [0, 0.05) is 9.86 Å². The minimum atomic E-state index is 0.499. The molecule has 0 radical (unpaired) electrons. The molecule has 0 bridgehead atoms. The molecule has 3 aromatic rings.